The maximum atomic E-state index is 11.9. The van der Waals surface area contributed by atoms with Gasteiger partial charge in [-0.3, -0.25) is 4.79 Å². The predicted octanol–water partition coefficient (Wildman–Crippen LogP) is 4.31. The average Bonchev–Trinajstić information content (AvgIpc) is 2.51. The lowest BCUT2D eigenvalue weighted by Gasteiger charge is -2.09. The van der Waals surface area contributed by atoms with Crippen LogP contribution in [0.3, 0.4) is 0 Å². The summed E-state index contributed by atoms with van der Waals surface area (Å²) in [5, 5.41) is 15.7. The second-order valence-electron chi connectivity index (χ2n) is 4.51. The van der Waals surface area contributed by atoms with Crippen molar-refractivity contribution in [3.05, 3.63) is 58.1 Å². The fourth-order valence-corrected chi connectivity index (χ4v) is 2.19. The van der Waals surface area contributed by atoms with Gasteiger partial charge in [-0.25, -0.2) is 0 Å². The summed E-state index contributed by atoms with van der Waals surface area (Å²) in [5.41, 5.74) is 1.73. The highest BCUT2D eigenvalue weighted by Gasteiger charge is 2.07. The fourth-order valence-electron chi connectivity index (χ4n) is 1.85. The summed E-state index contributed by atoms with van der Waals surface area (Å²) in [6.45, 7) is 0.405. The number of carbonyl (C=O) groups is 1. The van der Waals surface area contributed by atoms with Gasteiger partial charge in [-0.1, -0.05) is 35.3 Å². The van der Waals surface area contributed by atoms with E-state index in [9.17, 15) is 4.79 Å². The third-order valence-electron chi connectivity index (χ3n) is 2.92. The zero-order valence-electron chi connectivity index (χ0n) is 11.6. The van der Waals surface area contributed by atoms with Gasteiger partial charge in [-0.15, -0.1) is 0 Å². The van der Waals surface area contributed by atoms with Crippen molar-refractivity contribution in [3.8, 4) is 6.07 Å². The Morgan fingerprint density at radius 1 is 1.14 bits per heavy atom. The lowest BCUT2D eigenvalue weighted by Crippen LogP contribution is -2.16. The van der Waals surface area contributed by atoms with Crippen LogP contribution < -0.4 is 10.6 Å². The molecule has 22 heavy (non-hydrogen) atoms. The molecule has 0 saturated heterocycles. The van der Waals surface area contributed by atoms with E-state index in [4.69, 9.17) is 28.5 Å². The zero-order valence-corrected chi connectivity index (χ0v) is 13.1. The molecule has 2 N–H and O–H groups in total. The summed E-state index contributed by atoms with van der Waals surface area (Å²) in [6.07, 6.45) is 0.239. The minimum Gasteiger partial charge on any atom is -0.383 e. The van der Waals surface area contributed by atoms with Crippen LogP contribution >= 0.6 is 23.2 Å². The number of nitriles is 1. The number of nitrogens with zero attached hydrogens (tertiary/aromatic N) is 1. The molecule has 4 nitrogen and oxygen atoms in total. The van der Waals surface area contributed by atoms with E-state index in [1.807, 2.05) is 6.07 Å². The molecule has 0 saturated carbocycles. The average molecular weight is 334 g/mol. The van der Waals surface area contributed by atoms with Crippen LogP contribution in [0.15, 0.2) is 42.5 Å². The molecular weight excluding hydrogens is 321 g/mol. The van der Waals surface area contributed by atoms with Crippen molar-refractivity contribution in [2.45, 2.75) is 6.42 Å². The summed E-state index contributed by atoms with van der Waals surface area (Å²) >= 11 is 11.8. The first-order valence-corrected chi connectivity index (χ1v) is 7.33. The number of halogens is 2. The molecule has 0 radical (unpaired) electrons. The number of benzene rings is 2. The Kier molecular flexibility index (Phi) is 5.65. The minimum absolute atomic E-state index is 0.189. The summed E-state index contributed by atoms with van der Waals surface area (Å²) in [5.74, 6) is -0.189. The number of nitrogens with one attached hydrogen (secondary N) is 2. The second kappa shape index (κ2) is 7.69. The van der Waals surface area contributed by atoms with Gasteiger partial charge in [-0.2, -0.15) is 5.26 Å². The smallest absolute Gasteiger partial charge is 0.226 e. The molecule has 6 heteroatoms. The van der Waals surface area contributed by atoms with Crippen molar-refractivity contribution in [1.82, 2.24) is 0 Å². The maximum absolute atomic E-state index is 11.9. The van der Waals surface area contributed by atoms with Crippen LogP contribution in [-0.4, -0.2) is 12.5 Å². The number of hydrogen-bond donors (Lipinski definition) is 2. The highest BCUT2D eigenvalue weighted by Crippen LogP contribution is 2.25. The maximum Gasteiger partial charge on any atom is 0.226 e. The number of rotatable bonds is 5. The van der Waals surface area contributed by atoms with Crippen molar-refractivity contribution in [2.75, 3.05) is 17.2 Å². The molecular formula is C16H13Cl2N3O. The molecule has 1 amide bonds. The van der Waals surface area contributed by atoms with E-state index in [1.54, 1.807) is 36.4 Å². The molecule has 2 rings (SSSR count). The molecule has 0 heterocycles. The van der Waals surface area contributed by atoms with Gasteiger partial charge in [-0.05, 0) is 30.3 Å². The van der Waals surface area contributed by atoms with Crippen LogP contribution in [0.4, 0.5) is 11.4 Å². The zero-order chi connectivity index (χ0) is 15.9. The molecule has 0 aliphatic carbocycles. The van der Waals surface area contributed by atoms with Gasteiger partial charge in [0.05, 0.1) is 22.0 Å². The van der Waals surface area contributed by atoms with Gasteiger partial charge in [0.15, 0.2) is 0 Å². The summed E-state index contributed by atoms with van der Waals surface area (Å²) in [7, 11) is 0. The highest BCUT2D eigenvalue weighted by molar-refractivity contribution is 6.35. The van der Waals surface area contributed by atoms with Crippen LogP contribution in [-0.2, 0) is 4.79 Å². The van der Waals surface area contributed by atoms with Gasteiger partial charge in [0.25, 0.3) is 0 Å². The first kappa shape index (κ1) is 16.2. The Morgan fingerprint density at radius 2 is 1.91 bits per heavy atom. The van der Waals surface area contributed by atoms with Gasteiger partial charge < -0.3 is 10.6 Å². The standard InChI is InChI=1S/C16H13Cl2N3O/c17-12-5-6-13(18)15(9-12)21-16(22)7-8-20-14-4-2-1-3-11(14)10-19/h1-6,9,20H,7-8H2,(H,21,22). The molecule has 0 atom stereocenters. The lowest BCUT2D eigenvalue weighted by molar-refractivity contribution is -0.115. The summed E-state index contributed by atoms with van der Waals surface area (Å²) in [4.78, 5) is 11.9. The first-order chi connectivity index (χ1) is 10.6. The van der Waals surface area contributed by atoms with Crippen LogP contribution in [0.1, 0.15) is 12.0 Å². The Labute approximate surface area is 138 Å². The Bertz CT molecular complexity index is 726. The highest BCUT2D eigenvalue weighted by atomic mass is 35.5. The van der Waals surface area contributed by atoms with Crippen LogP contribution in [0.25, 0.3) is 0 Å². The first-order valence-electron chi connectivity index (χ1n) is 6.58. The van der Waals surface area contributed by atoms with Crippen molar-refractivity contribution < 1.29 is 4.79 Å². The topological polar surface area (TPSA) is 64.9 Å². The van der Waals surface area contributed by atoms with E-state index >= 15 is 0 Å². The van der Waals surface area contributed by atoms with Crippen molar-refractivity contribution in [3.63, 3.8) is 0 Å². The number of hydrogen-bond acceptors (Lipinski definition) is 3. The van der Waals surface area contributed by atoms with Gasteiger partial charge in [0, 0.05) is 18.0 Å². The van der Waals surface area contributed by atoms with Crippen molar-refractivity contribution >= 4 is 40.5 Å². The minimum atomic E-state index is -0.189. The van der Waals surface area contributed by atoms with Crippen molar-refractivity contribution in [1.29, 1.82) is 5.26 Å². The van der Waals surface area contributed by atoms with Crippen LogP contribution in [0.5, 0.6) is 0 Å². The number of para-hydroxylation sites is 1. The molecule has 0 spiro atoms. The van der Waals surface area contributed by atoms with E-state index in [-0.39, 0.29) is 12.3 Å². The molecule has 0 aliphatic rings. The summed E-state index contributed by atoms with van der Waals surface area (Å²) in [6, 6.07) is 14.1. The quantitative estimate of drug-likeness (QED) is 0.856. The predicted molar refractivity (Wildman–Crippen MR) is 89.4 cm³/mol. The van der Waals surface area contributed by atoms with E-state index in [0.29, 0.717) is 33.5 Å². The monoisotopic (exact) mass is 333 g/mol. The Morgan fingerprint density at radius 3 is 2.68 bits per heavy atom. The number of anilines is 2. The van der Waals surface area contributed by atoms with Crippen molar-refractivity contribution in [2.24, 2.45) is 0 Å². The SMILES string of the molecule is N#Cc1ccccc1NCCC(=O)Nc1cc(Cl)ccc1Cl. The molecule has 0 aliphatic heterocycles. The van der Waals surface area contributed by atoms with E-state index < -0.39 is 0 Å². The number of amides is 1. The normalized spacial score (nSPS) is 9.86. The van der Waals surface area contributed by atoms with E-state index in [0.717, 1.165) is 0 Å². The molecule has 2 aromatic carbocycles. The van der Waals surface area contributed by atoms with Gasteiger partial charge in [0.1, 0.15) is 6.07 Å². The van der Waals surface area contributed by atoms with E-state index in [2.05, 4.69) is 16.7 Å². The molecule has 0 unspecified atom stereocenters. The molecule has 0 fully saturated rings. The van der Waals surface area contributed by atoms with E-state index in [1.165, 1.54) is 0 Å². The molecule has 0 aromatic heterocycles. The fraction of sp³-hybridized carbons (Fsp3) is 0.125. The third kappa shape index (κ3) is 4.39. The van der Waals surface area contributed by atoms with Gasteiger partial charge >= 0.3 is 0 Å². The molecule has 2 aromatic rings. The van der Waals surface area contributed by atoms with Crippen LogP contribution in [0.2, 0.25) is 10.0 Å². The lowest BCUT2D eigenvalue weighted by atomic mass is 10.2. The van der Waals surface area contributed by atoms with Crippen LogP contribution in [0, 0.1) is 11.3 Å². The third-order valence-corrected chi connectivity index (χ3v) is 3.48. The Balaban J connectivity index is 1.88. The summed E-state index contributed by atoms with van der Waals surface area (Å²) < 4.78 is 0. The second-order valence-corrected chi connectivity index (χ2v) is 5.35. The molecule has 0 bridgehead atoms. The van der Waals surface area contributed by atoms with Gasteiger partial charge in [0.2, 0.25) is 5.91 Å². The Hall–Kier alpha value is -2.22. The number of carbonyl (C=O) groups excluding carboxylic acids is 1. The largest absolute Gasteiger partial charge is 0.383 e. The molecule has 112 valence electrons.